The van der Waals surface area contributed by atoms with Gasteiger partial charge in [-0.3, -0.25) is 0 Å². The van der Waals surface area contributed by atoms with Gasteiger partial charge in [-0.05, 0) is 105 Å². The van der Waals surface area contributed by atoms with Crippen LogP contribution in [0, 0.1) is 13.8 Å². The van der Waals surface area contributed by atoms with Crippen LogP contribution < -0.4 is 9.80 Å². The average Bonchev–Trinajstić information content (AvgIpc) is 3.41. The molecule has 0 aliphatic carbocycles. The molecule has 0 saturated carbocycles. The highest BCUT2D eigenvalue weighted by atomic mass is 15.2. The summed E-state index contributed by atoms with van der Waals surface area (Å²) < 4.78 is 0. The Morgan fingerprint density at radius 3 is 0.956 bits per heavy atom. The van der Waals surface area contributed by atoms with Crippen LogP contribution >= 0.6 is 0 Å². The molecule has 0 aliphatic heterocycles. The molecule has 68 heavy (non-hydrogen) atoms. The zero-order chi connectivity index (χ0) is 45.6. The zero-order valence-corrected chi connectivity index (χ0v) is 38.1. The van der Waals surface area contributed by atoms with E-state index in [1.54, 1.807) is 0 Å². The third kappa shape index (κ3) is 6.98. The lowest BCUT2D eigenvalue weighted by Crippen LogP contribution is -2.17. The third-order valence-corrected chi connectivity index (χ3v) is 13.8. The molecule has 0 unspecified atom stereocenters. The zero-order valence-electron chi connectivity index (χ0n) is 38.1. The van der Waals surface area contributed by atoms with E-state index in [1.807, 2.05) is 0 Å². The number of rotatable bonds is 10. The minimum absolute atomic E-state index is 1.08. The predicted octanol–water partition coefficient (Wildman–Crippen LogP) is 18.8. The molecule has 0 amide bonds. The van der Waals surface area contributed by atoms with Gasteiger partial charge in [0.15, 0.2) is 0 Å². The van der Waals surface area contributed by atoms with Gasteiger partial charge in [0.1, 0.15) is 0 Å². The van der Waals surface area contributed by atoms with Crippen LogP contribution in [0.2, 0.25) is 0 Å². The number of hydrogen-bond acceptors (Lipinski definition) is 2. The van der Waals surface area contributed by atoms with Crippen LogP contribution in [-0.4, -0.2) is 0 Å². The molecule has 12 aromatic carbocycles. The van der Waals surface area contributed by atoms with Crippen LogP contribution in [0.5, 0.6) is 0 Å². The molecule has 12 rings (SSSR count). The lowest BCUT2D eigenvalue weighted by Gasteiger charge is -2.35. The van der Waals surface area contributed by atoms with Gasteiger partial charge in [0.2, 0.25) is 0 Å². The highest BCUT2D eigenvalue weighted by Gasteiger charge is 2.29. The van der Waals surface area contributed by atoms with Crippen molar-refractivity contribution in [1.29, 1.82) is 0 Å². The second-order valence-electron chi connectivity index (χ2n) is 17.7. The Balaban J connectivity index is 1.25. The molecule has 2 heteroatoms. The molecule has 12 aromatic rings. The lowest BCUT2D eigenvalue weighted by atomic mass is 9.88. The highest BCUT2D eigenvalue weighted by molar-refractivity contribution is 6.29. The van der Waals surface area contributed by atoms with Crippen molar-refractivity contribution in [2.75, 3.05) is 9.80 Å². The molecule has 322 valence electrons. The maximum Gasteiger partial charge on any atom is 0.0575 e. The highest BCUT2D eigenvalue weighted by Crippen LogP contribution is 2.54. The van der Waals surface area contributed by atoms with Crippen LogP contribution in [0.15, 0.2) is 255 Å². The molecule has 0 bridgehead atoms. The molecule has 0 radical (unpaired) electrons. The normalized spacial score (nSPS) is 11.4. The van der Waals surface area contributed by atoms with Gasteiger partial charge in [-0.25, -0.2) is 0 Å². The molecule has 2 nitrogen and oxygen atoms in total. The molecule has 0 spiro atoms. The quantitative estimate of drug-likeness (QED) is 0.126. The lowest BCUT2D eigenvalue weighted by molar-refractivity contribution is 1.24. The summed E-state index contributed by atoms with van der Waals surface area (Å²) in [5, 5.41) is 7.33. The summed E-state index contributed by atoms with van der Waals surface area (Å²) in [5.41, 5.74) is 18.5. The summed E-state index contributed by atoms with van der Waals surface area (Å²) in [6, 6.07) is 93.2. The van der Waals surface area contributed by atoms with Crippen molar-refractivity contribution < 1.29 is 0 Å². The second kappa shape index (κ2) is 17.3. The van der Waals surface area contributed by atoms with Gasteiger partial charge in [-0.1, -0.05) is 224 Å². The number of nitrogens with zero attached hydrogens (tertiary/aromatic N) is 2. The second-order valence-corrected chi connectivity index (χ2v) is 17.7. The first-order valence-corrected chi connectivity index (χ1v) is 23.5. The van der Waals surface area contributed by atoms with Gasteiger partial charge in [-0.2, -0.15) is 0 Å². The minimum atomic E-state index is 1.08. The molecule has 0 fully saturated rings. The van der Waals surface area contributed by atoms with E-state index < -0.39 is 0 Å². The van der Waals surface area contributed by atoms with Crippen molar-refractivity contribution in [1.82, 2.24) is 0 Å². The first-order chi connectivity index (χ1) is 33.6. The SMILES string of the molecule is Cc1c(-c2ccccc2)ccc(-c2ccccc2)c1N(c1ccccc1)c1cc(N(c2ccccc2)c2c(-c3ccccc3)ccc(-c3ccccc3)c2C)c2ccc3cccc4ccc1c2c43. The molecule has 0 atom stereocenters. The van der Waals surface area contributed by atoms with Gasteiger partial charge >= 0.3 is 0 Å². The van der Waals surface area contributed by atoms with E-state index in [1.165, 1.54) is 65.7 Å². The largest absolute Gasteiger partial charge is 0.309 e. The van der Waals surface area contributed by atoms with Gasteiger partial charge in [0.25, 0.3) is 0 Å². The molecular formula is C66H48N2. The first kappa shape index (κ1) is 40.8. The Hall–Kier alpha value is -8.72. The van der Waals surface area contributed by atoms with Crippen molar-refractivity contribution in [3.63, 3.8) is 0 Å². The number of para-hydroxylation sites is 2. The van der Waals surface area contributed by atoms with Crippen LogP contribution in [0.3, 0.4) is 0 Å². The van der Waals surface area contributed by atoms with Crippen molar-refractivity contribution in [2.24, 2.45) is 0 Å². The molecule has 0 N–H and O–H groups in total. The fraction of sp³-hybridized carbons (Fsp3) is 0.0303. The van der Waals surface area contributed by atoms with E-state index in [2.05, 4.69) is 278 Å². The fourth-order valence-electron chi connectivity index (χ4n) is 10.6. The van der Waals surface area contributed by atoms with Crippen molar-refractivity contribution >= 4 is 66.4 Å². The molecule has 0 aliphatic rings. The Bertz CT molecular complexity index is 3480. The topological polar surface area (TPSA) is 6.48 Å². The van der Waals surface area contributed by atoms with Crippen LogP contribution in [0.25, 0.3) is 76.8 Å². The van der Waals surface area contributed by atoms with E-state index in [0.717, 1.165) is 56.4 Å². The first-order valence-electron chi connectivity index (χ1n) is 23.5. The summed E-state index contributed by atoms with van der Waals surface area (Å²) in [4.78, 5) is 5.10. The van der Waals surface area contributed by atoms with E-state index in [0.29, 0.717) is 0 Å². The summed E-state index contributed by atoms with van der Waals surface area (Å²) in [6.07, 6.45) is 0. The summed E-state index contributed by atoms with van der Waals surface area (Å²) in [7, 11) is 0. The van der Waals surface area contributed by atoms with Crippen LogP contribution in [0.4, 0.5) is 34.1 Å². The van der Waals surface area contributed by atoms with Gasteiger partial charge in [-0.15, -0.1) is 0 Å². The summed E-state index contributed by atoms with van der Waals surface area (Å²) >= 11 is 0. The number of benzene rings is 12. The molecule has 0 saturated heterocycles. The van der Waals surface area contributed by atoms with E-state index in [9.17, 15) is 0 Å². The Labute approximate surface area is 398 Å². The minimum Gasteiger partial charge on any atom is -0.309 e. The fourth-order valence-corrected chi connectivity index (χ4v) is 10.6. The Morgan fingerprint density at radius 2 is 0.588 bits per heavy atom. The number of anilines is 6. The van der Waals surface area contributed by atoms with Gasteiger partial charge < -0.3 is 9.80 Å². The maximum absolute atomic E-state index is 2.55. The van der Waals surface area contributed by atoms with Crippen LogP contribution in [0.1, 0.15) is 11.1 Å². The summed E-state index contributed by atoms with van der Waals surface area (Å²) in [5.74, 6) is 0. The van der Waals surface area contributed by atoms with Gasteiger partial charge in [0.05, 0.1) is 22.7 Å². The Morgan fingerprint density at radius 1 is 0.265 bits per heavy atom. The monoisotopic (exact) mass is 868 g/mol. The van der Waals surface area contributed by atoms with E-state index >= 15 is 0 Å². The summed E-state index contributed by atoms with van der Waals surface area (Å²) in [6.45, 7) is 4.61. The molecule has 0 aromatic heterocycles. The van der Waals surface area contributed by atoms with Crippen molar-refractivity contribution in [3.05, 3.63) is 266 Å². The van der Waals surface area contributed by atoms with Gasteiger partial charge in [0, 0.05) is 38.7 Å². The molecule has 0 heterocycles. The number of hydrogen-bond donors (Lipinski definition) is 0. The third-order valence-electron chi connectivity index (χ3n) is 13.8. The van der Waals surface area contributed by atoms with Crippen molar-refractivity contribution in [3.8, 4) is 44.5 Å². The average molecular weight is 869 g/mol. The standard InChI is InChI=1S/C66H48N2/c1-45-55(47-22-9-3-10-23-47)40-42-57(49-26-13-5-14-27-49)65(45)67(53-32-17-7-18-33-53)61-44-62(60-39-37-52-31-21-30-51-36-38-59(61)64(60)63(51)52)68(54-34-19-8-20-35-54)66-46(2)56(48-24-11-4-12-25-48)41-43-58(66)50-28-15-6-16-29-50/h3-44H,1-2H3. The Kier molecular flexibility index (Phi) is 10.3. The van der Waals surface area contributed by atoms with E-state index in [4.69, 9.17) is 0 Å². The maximum atomic E-state index is 2.55. The van der Waals surface area contributed by atoms with E-state index in [-0.39, 0.29) is 0 Å². The smallest absolute Gasteiger partial charge is 0.0575 e. The predicted molar refractivity (Wildman–Crippen MR) is 291 cm³/mol. The molecular weight excluding hydrogens is 821 g/mol. The van der Waals surface area contributed by atoms with Crippen molar-refractivity contribution in [2.45, 2.75) is 13.8 Å². The van der Waals surface area contributed by atoms with Crippen LogP contribution in [-0.2, 0) is 0 Å².